The normalized spacial score (nSPS) is 12.7. The number of hydrogen-bond acceptors (Lipinski definition) is 4. The molecule has 11 aromatic rings. The zero-order chi connectivity index (χ0) is 30.4. The molecule has 4 aromatic heterocycles. The van der Waals surface area contributed by atoms with E-state index in [-0.39, 0.29) is 0 Å². The first-order chi connectivity index (χ1) is 23.3. The van der Waals surface area contributed by atoms with Crippen LogP contribution in [0.15, 0.2) is 136 Å². The van der Waals surface area contributed by atoms with Crippen LogP contribution in [0.3, 0.4) is 0 Å². The summed E-state index contributed by atoms with van der Waals surface area (Å²) in [6, 6.07) is 44.4. The van der Waals surface area contributed by atoms with Crippen molar-refractivity contribution in [2.75, 3.05) is 0 Å². The summed E-state index contributed by atoms with van der Waals surface area (Å²) < 4.78 is 15.2. The van der Waals surface area contributed by atoms with Gasteiger partial charge in [0.15, 0.2) is 5.82 Å². The Kier molecular flexibility index (Phi) is 4.17. The Labute approximate surface area is 265 Å². The first-order valence-electron chi connectivity index (χ1n) is 15.8. The summed E-state index contributed by atoms with van der Waals surface area (Å²) >= 11 is 0. The van der Waals surface area contributed by atoms with Crippen LogP contribution >= 0.6 is 0 Å². The van der Waals surface area contributed by atoms with Crippen molar-refractivity contribution in [3.05, 3.63) is 127 Å². The molecule has 0 unspecified atom stereocenters. The molecule has 12 rings (SSSR count). The van der Waals surface area contributed by atoms with Crippen LogP contribution in [0.4, 0.5) is 0 Å². The third kappa shape index (κ3) is 2.86. The molecule has 5 nitrogen and oxygen atoms in total. The second-order valence-corrected chi connectivity index (χ2v) is 12.5. The van der Waals surface area contributed by atoms with Crippen molar-refractivity contribution in [1.29, 1.82) is 0 Å². The summed E-state index contributed by atoms with van der Waals surface area (Å²) in [6.07, 6.45) is 0. The highest BCUT2D eigenvalue weighted by atomic mass is 16.3. The molecule has 0 saturated carbocycles. The molecule has 0 amide bonds. The lowest BCUT2D eigenvalue weighted by molar-refractivity contribution is 0.668. The van der Waals surface area contributed by atoms with Gasteiger partial charge >= 0.3 is 0 Å². The third-order valence-corrected chi connectivity index (χ3v) is 10.1. The van der Waals surface area contributed by atoms with Crippen molar-refractivity contribution in [2.24, 2.45) is 0 Å². The maximum atomic E-state index is 6.51. The van der Waals surface area contributed by atoms with E-state index in [1.807, 2.05) is 48.5 Å². The van der Waals surface area contributed by atoms with Gasteiger partial charge in [-0.1, -0.05) is 78.9 Å². The van der Waals surface area contributed by atoms with Gasteiger partial charge in [0.1, 0.15) is 28.0 Å². The molecule has 0 fully saturated rings. The highest BCUT2D eigenvalue weighted by Crippen LogP contribution is 2.51. The minimum Gasteiger partial charge on any atom is -0.456 e. The SMILES string of the molecule is c1cc2c3c(c1)ccc1c3c3c4c(ccc3n1-c1nc3ccccc3nc1-c1cccc3oc5ccccc5c13)oc1cccc-2c14. The molecule has 1 aliphatic rings. The Morgan fingerprint density at radius 2 is 1.02 bits per heavy atom. The van der Waals surface area contributed by atoms with Crippen molar-refractivity contribution in [2.45, 2.75) is 0 Å². The number of aromatic nitrogens is 3. The largest absolute Gasteiger partial charge is 0.456 e. The monoisotopic (exact) mass is 599 g/mol. The van der Waals surface area contributed by atoms with Crippen LogP contribution < -0.4 is 0 Å². The van der Waals surface area contributed by atoms with E-state index in [1.165, 1.54) is 32.7 Å². The molecule has 0 radical (unpaired) electrons. The van der Waals surface area contributed by atoms with Gasteiger partial charge in [-0.25, -0.2) is 9.97 Å². The van der Waals surface area contributed by atoms with Crippen LogP contribution in [-0.2, 0) is 0 Å². The Balaban J connectivity index is 1.33. The van der Waals surface area contributed by atoms with Crippen LogP contribution in [0.25, 0.3) is 116 Å². The van der Waals surface area contributed by atoms with Crippen LogP contribution in [0.1, 0.15) is 0 Å². The van der Waals surface area contributed by atoms with Crippen LogP contribution in [0.2, 0.25) is 0 Å². The van der Waals surface area contributed by atoms with E-state index in [0.29, 0.717) is 0 Å². The third-order valence-electron chi connectivity index (χ3n) is 10.1. The van der Waals surface area contributed by atoms with Gasteiger partial charge in [-0.05, 0) is 70.4 Å². The summed E-state index contributed by atoms with van der Waals surface area (Å²) in [5.74, 6) is 0.784. The van der Waals surface area contributed by atoms with Gasteiger partial charge in [-0.2, -0.15) is 0 Å². The predicted molar refractivity (Wildman–Crippen MR) is 190 cm³/mol. The topological polar surface area (TPSA) is 57.0 Å². The van der Waals surface area contributed by atoms with Crippen LogP contribution in [-0.4, -0.2) is 14.5 Å². The first-order valence-corrected chi connectivity index (χ1v) is 15.8. The number of rotatable bonds is 2. The molecule has 5 heteroatoms. The maximum absolute atomic E-state index is 6.51. The zero-order valence-electron chi connectivity index (χ0n) is 24.8. The van der Waals surface area contributed by atoms with E-state index in [9.17, 15) is 0 Å². The van der Waals surface area contributed by atoms with Crippen molar-refractivity contribution < 1.29 is 8.83 Å². The van der Waals surface area contributed by atoms with Crippen LogP contribution in [0, 0.1) is 0 Å². The molecule has 4 heterocycles. The molecule has 47 heavy (non-hydrogen) atoms. The lowest BCUT2D eigenvalue weighted by Crippen LogP contribution is -2.04. The number of furan rings is 2. The Bertz CT molecular complexity index is 3200. The molecular weight excluding hydrogens is 578 g/mol. The van der Waals surface area contributed by atoms with Crippen molar-refractivity contribution in [3.63, 3.8) is 0 Å². The Hall–Kier alpha value is -6.46. The minimum absolute atomic E-state index is 0.784. The average molecular weight is 600 g/mol. The highest BCUT2D eigenvalue weighted by Gasteiger charge is 2.28. The average Bonchev–Trinajstić information content (AvgIpc) is 3.77. The summed E-state index contributed by atoms with van der Waals surface area (Å²) in [7, 11) is 0. The maximum Gasteiger partial charge on any atom is 0.165 e. The van der Waals surface area contributed by atoms with E-state index in [4.69, 9.17) is 18.8 Å². The van der Waals surface area contributed by atoms with E-state index < -0.39 is 0 Å². The Morgan fingerprint density at radius 3 is 1.89 bits per heavy atom. The summed E-state index contributed by atoms with van der Waals surface area (Å²) in [4.78, 5) is 10.8. The van der Waals surface area contributed by atoms with Gasteiger partial charge in [0.25, 0.3) is 0 Å². The van der Waals surface area contributed by atoms with Crippen molar-refractivity contribution in [3.8, 4) is 28.2 Å². The fourth-order valence-electron chi connectivity index (χ4n) is 8.25. The van der Waals surface area contributed by atoms with Gasteiger partial charge in [0.05, 0.1) is 22.1 Å². The van der Waals surface area contributed by atoms with Crippen molar-refractivity contribution in [1.82, 2.24) is 14.5 Å². The molecule has 216 valence electrons. The summed E-state index contributed by atoms with van der Waals surface area (Å²) in [5.41, 5.74) is 11.6. The van der Waals surface area contributed by atoms with Gasteiger partial charge in [-0.3, -0.25) is 4.57 Å². The Morgan fingerprint density at radius 1 is 0.404 bits per heavy atom. The van der Waals surface area contributed by atoms with Crippen molar-refractivity contribution >= 4 is 87.5 Å². The number of fused-ring (bicyclic) bond motifs is 5. The molecular formula is C42H21N3O2. The summed E-state index contributed by atoms with van der Waals surface area (Å²) in [5, 5.41) is 9.28. The minimum atomic E-state index is 0.784. The van der Waals surface area contributed by atoms with E-state index in [2.05, 4.69) is 83.4 Å². The van der Waals surface area contributed by atoms with E-state index >= 15 is 0 Å². The molecule has 0 atom stereocenters. The predicted octanol–water partition coefficient (Wildman–Crippen LogP) is 11.3. The lowest BCUT2D eigenvalue weighted by Gasteiger charge is -2.15. The second kappa shape index (κ2) is 8.22. The summed E-state index contributed by atoms with van der Waals surface area (Å²) in [6.45, 7) is 0. The smallest absolute Gasteiger partial charge is 0.165 e. The molecule has 7 aromatic carbocycles. The van der Waals surface area contributed by atoms with E-state index in [0.717, 1.165) is 83.0 Å². The lowest BCUT2D eigenvalue weighted by atomic mass is 9.95. The van der Waals surface area contributed by atoms with E-state index in [1.54, 1.807) is 0 Å². The van der Waals surface area contributed by atoms with Crippen LogP contribution in [0.5, 0.6) is 0 Å². The molecule has 0 spiro atoms. The standard InChI is InChI=1S/C42H21N3O2/c1-4-15-31-25(9-1)36-26(12-7-16-32(36)46-31)41-42(44-28-14-3-2-13-27(28)43-41)45-29-19-18-22-8-5-10-23-24-11-6-17-33-37(24)40-34(47-33)21-20-30(45)39(40)38(29)35(22)23/h1-21H. The van der Waals surface area contributed by atoms with Gasteiger partial charge < -0.3 is 8.83 Å². The highest BCUT2D eigenvalue weighted by molar-refractivity contribution is 6.38. The van der Waals surface area contributed by atoms with Gasteiger partial charge in [0, 0.05) is 37.9 Å². The van der Waals surface area contributed by atoms with Gasteiger partial charge in [0.2, 0.25) is 0 Å². The first kappa shape index (κ1) is 23.9. The number of para-hydroxylation sites is 3. The van der Waals surface area contributed by atoms with Gasteiger partial charge in [-0.15, -0.1) is 0 Å². The molecule has 0 aliphatic heterocycles. The second-order valence-electron chi connectivity index (χ2n) is 12.5. The zero-order valence-corrected chi connectivity index (χ0v) is 24.8. The quantitative estimate of drug-likeness (QED) is 0.198. The number of nitrogens with zero attached hydrogens (tertiary/aromatic N) is 3. The number of hydrogen-bond donors (Lipinski definition) is 0. The molecule has 0 bridgehead atoms. The molecule has 0 saturated heterocycles. The molecule has 0 N–H and O–H groups in total. The number of benzene rings is 7. The molecule has 1 aliphatic carbocycles. The fourth-order valence-corrected chi connectivity index (χ4v) is 8.25. The fraction of sp³-hybridized carbons (Fsp3) is 0.